The van der Waals surface area contributed by atoms with Crippen LogP contribution in [0.3, 0.4) is 0 Å². The quantitative estimate of drug-likeness (QED) is 0.738. The lowest BCUT2D eigenvalue weighted by Crippen LogP contribution is -2.44. The maximum absolute atomic E-state index is 11.7. The molecule has 1 aliphatic rings. The van der Waals surface area contributed by atoms with Crippen LogP contribution in [0.2, 0.25) is 0 Å². The fourth-order valence-electron chi connectivity index (χ4n) is 1.77. The maximum atomic E-state index is 11.7. The number of aliphatic carboxylic acids is 1. The summed E-state index contributed by atoms with van der Waals surface area (Å²) in [4.78, 5) is 22.5. The summed E-state index contributed by atoms with van der Waals surface area (Å²) < 4.78 is 0.199. The van der Waals surface area contributed by atoms with Gasteiger partial charge in [0.1, 0.15) is 0 Å². The molecular formula is C12H21NO3S. The zero-order valence-electron chi connectivity index (χ0n) is 10.7. The van der Waals surface area contributed by atoms with E-state index in [1.807, 2.05) is 0 Å². The minimum absolute atomic E-state index is 0.0989. The van der Waals surface area contributed by atoms with Crippen LogP contribution < -0.4 is 5.32 Å². The van der Waals surface area contributed by atoms with Crippen LogP contribution in [-0.2, 0) is 9.59 Å². The highest BCUT2D eigenvalue weighted by molar-refractivity contribution is 8.00. The smallest absolute Gasteiger partial charge is 0.307 e. The normalized spacial score (nSPS) is 23.9. The molecule has 0 aromatic heterocycles. The van der Waals surface area contributed by atoms with Crippen LogP contribution in [0.4, 0.5) is 0 Å². The van der Waals surface area contributed by atoms with E-state index >= 15 is 0 Å². The number of amides is 1. The first-order valence-electron chi connectivity index (χ1n) is 5.96. The van der Waals surface area contributed by atoms with E-state index in [2.05, 4.69) is 26.1 Å². The molecule has 0 heterocycles. The van der Waals surface area contributed by atoms with Crippen LogP contribution in [0, 0.1) is 11.8 Å². The Hall–Kier alpha value is -0.710. The molecule has 1 amide bonds. The van der Waals surface area contributed by atoms with E-state index in [1.54, 1.807) is 11.8 Å². The molecule has 0 saturated heterocycles. The van der Waals surface area contributed by atoms with E-state index < -0.39 is 11.9 Å². The minimum Gasteiger partial charge on any atom is -0.481 e. The molecule has 1 rings (SSSR count). The minimum atomic E-state index is -0.847. The molecule has 2 N–H and O–H groups in total. The number of carbonyl (C=O) groups excluding carboxylic acids is 1. The summed E-state index contributed by atoms with van der Waals surface area (Å²) in [6.07, 6.45) is 1.33. The first kappa shape index (κ1) is 14.4. The van der Waals surface area contributed by atoms with E-state index in [9.17, 15) is 9.59 Å². The average Bonchev–Trinajstić information content (AvgIpc) is 2.08. The van der Waals surface area contributed by atoms with Crippen LogP contribution in [0.5, 0.6) is 0 Å². The second kappa shape index (κ2) is 5.76. The molecule has 0 radical (unpaired) electrons. The van der Waals surface area contributed by atoms with Crippen LogP contribution >= 0.6 is 11.8 Å². The van der Waals surface area contributed by atoms with Gasteiger partial charge in [0, 0.05) is 17.0 Å². The molecule has 98 valence electrons. The third kappa shape index (κ3) is 4.58. The molecule has 0 aliphatic heterocycles. The molecule has 17 heavy (non-hydrogen) atoms. The summed E-state index contributed by atoms with van der Waals surface area (Å²) in [6.45, 7) is 7.01. The summed E-state index contributed by atoms with van der Waals surface area (Å²) in [5.74, 6) is -0.865. The van der Waals surface area contributed by atoms with Crippen molar-refractivity contribution in [1.29, 1.82) is 0 Å². The highest BCUT2D eigenvalue weighted by Crippen LogP contribution is 2.34. The molecule has 0 bridgehead atoms. The predicted molar refractivity (Wildman–Crippen MR) is 69.1 cm³/mol. The van der Waals surface area contributed by atoms with Gasteiger partial charge in [0.25, 0.3) is 0 Å². The van der Waals surface area contributed by atoms with Crippen molar-refractivity contribution in [1.82, 2.24) is 5.32 Å². The molecule has 1 fully saturated rings. The standard InChI is InChI=1S/C12H21NO3S/c1-12(2,3)17-7-6-13-10(14)8-4-5-9(8)11(15)16/h8-9H,4-7H2,1-3H3,(H,13,14)(H,15,16). The fourth-order valence-corrected chi connectivity index (χ4v) is 2.59. The van der Waals surface area contributed by atoms with Gasteiger partial charge in [-0.15, -0.1) is 0 Å². The third-order valence-electron chi connectivity index (χ3n) is 2.86. The zero-order valence-corrected chi connectivity index (χ0v) is 11.5. The molecule has 1 saturated carbocycles. The van der Waals surface area contributed by atoms with Crippen molar-refractivity contribution in [2.45, 2.75) is 38.4 Å². The zero-order chi connectivity index (χ0) is 13.1. The van der Waals surface area contributed by atoms with Gasteiger partial charge in [-0.25, -0.2) is 0 Å². The summed E-state index contributed by atoms with van der Waals surface area (Å²) in [7, 11) is 0. The van der Waals surface area contributed by atoms with Crippen molar-refractivity contribution in [3.8, 4) is 0 Å². The van der Waals surface area contributed by atoms with Crippen molar-refractivity contribution in [2.75, 3.05) is 12.3 Å². The second-order valence-electron chi connectivity index (χ2n) is 5.38. The lowest BCUT2D eigenvalue weighted by Gasteiger charge is -2.32. The van der Waals surface area contributed by atoms with Gasteiger partial charge in [0.05, 0.1) is 11.8 Å². The first-order chi connectivity index (χ1) is 7.81. The summed E-state index contributed by atoms with van der Waals surface area (Å²) >= 11 is 1.79. The van der Waals surface area contributed by atoms with Gasteiger partial charge in [-0.05, 0) is 12.8 Å². The number of nitrogens with one attached hydrogen (secondary N) is 1. The van der Waals surface area contributed by atoms with Crippen LogP contribution in [0.15, 0.2) is 0 Å². The second-order valence-corrected chi connectivity index (χ2v) is 7.30. The molecule has 0 aromatic carbocycles. The molecule has 0 aromatic rings. The number of hydrogen-bond acceptors (Lipinski definition) is 3. The largest absolute Gasteiger partial charge is 0.481 e. The van der Waals surface area contributed by atoms with Gasteiger partial charge >= 0.3 is 5.97 Å². The van der Waals surface area contributed by atoms with Crippen LogP contribution in [-0.4, -0.2) is 34.0 Å². The Bertz CT molecular complexity index is 299. The SMILES string of the molecule is CC(C)(C)SCCNC(=O)C1CCC1C(=O)O. The summed E-state index contributed by atoms with van der Waals surface area (Å²) in [6, 6.07) is 0. The predicted octanol–water partition coefficient (Wildman–Crippen LogP) is 1.75. The molecule has 2 unspecified atom stereocenters. The number of rotatable bonds is 5. The lowest BCUT2D eigenvalue weighted by atomic mass is 9.73. The Morgan fingerprint density at radius 2 is 1.88 bits per heavy atom. The Labute approximate surface area is 107 Å². The van der Waals surface area contributed by atoms with Gasteiger partial charge in [0.2, 0.25) is 5.91 Å². The van der Waals surface area contributed by atoms with Crippen molar-refractivity contribution in [3.05, 3.63) is 0 Å². The van der Waals surface area contributed by atoms with Gasteiger partial charge in [0.15, 0.2) is 0 Å². The molecule has 1 aliphatic carbocycles. The average molecular weight is 259 g/mol. The van der Waals surface area contributed by atoms with Gasteiger partial charge in [-0.1, -0.05) is 20.8 Å². The van der Waals surface area contributed by atoms with E-state index in [1.165, 1.54) is 0 Å². The fraction of sp³-hybridized carbons (Fsp3) is 0.833. The van der Waals surface area contributed by atoms with Crippen molar-refractivity contribution < 1.29 is 14.7 Å². The van der Waals surface area contributed by atoms with Crippen molar-refractivity contribution >= 4 is 23.6 Å². The third-order valence-corrected chi connectivity index (χ3v) is 4.14. The van der Waals surface area contributed by atoms with E-state index in [0.717, 1.165) is 5.75 Å². The maximum Gasteiger partial charge on any atom is 0.307 e. The Morgan fingerprint density at radius 1 is 1.29 bits per heavy atom. The number of thioether (sulfide) groups is 1. The highest BCUT2D eigenvalue weighted by Gasteiger charge is 2.41. The van der Waals surface area contributed by atoms with E-state index in [0.29, 0.717) is 19.4 Å². The van der Waals surface area contributed by atoms with Crippen LogP contribution in [0.25, 0.3) is 0 Å². The molecule has 5 heteroatoms. The Morgan fingerprint density at radius 3 is 2.29 bits per heavy atom. The first-order valence-corrected chi connectivity index (χ1v) is 6.94. The lowest BCUT2D eigenvalue weighted by molar-refractivity contribution is -0.152. The summed E-state index contributed by atoms with van der Waals surface area (Å²) in [5, 5.41) is 11.7. The highest BCUT2D eigenvalue weighted by atomic mass is 32.2. The molecule has 2 atom stereocenters. The van der Waals surface area contributed by atoms with E-state index in [-0.39, 0.29) is 16.6 Å². The monoisotopic (exact) mass is 259 g/mol. The van der Waals surface area contributed by atoms with E-state index in [4.69, 9.17) is 5.11 Å². The number of carboxylic acids is 1. The van der Waals surface area contributed by atoms with Crippen molar-refractivity contribution in [3.63, 3.8) is 0 Å². The van der Waals surface area contributed by atoms with Gasteiger partial charge in [-0.2, -0.15) is 11.8 Å². The van der Waals surface area contributed by atoms with Gasteiger partial charge < -0.3 is 10.4 Å². The molecule has 0 spiro atoms. The Balaban J connectivity index is 2.20. The Kier molecular flexibility index (Phi) is 4.86. The molecule has 4 nitrogen and oxygen atoms in total. The van der Waals surface area contributed by atoms with Crippen LogP contribution in [0.1, 0.15) is 33.6 Å². The summed E-state index contributed by atoms with van der Waals surface area (Å²) in [5.41, 5.74) is 0. The van der Waals surface area contributed by atoms with Crippen molar-refractivity contribution in [2.24, 2.45) is 11.8 Å². The number of carboxylic acid groups (broad SMARTS) is 1. The molecular weight excluding hydrogens is 238 g/mol. The van der Waals surface area contributed by atoms with Gasteiger partial charge in [-0.3, -0.25) is 9.59 Å². The topological polar surface area (TPSA) is 66.4 Å². The number of carbonyl (C=O) groups is 2. The number of hydrogen-bond donors (Lipinski definition) is 2.